The first-order chi connectivity index (χ1) is 10.2. The third-order valence-corrected chi connectivity index (χ3v) is 2.64. The number of aromatic hydroxyl groups is 2. The first-order valence-electron chi connectivity index (χ1n) is 6.24. The van der Waals surface area contributed by atoms with E-state index in [-0.39, 0.29) is 24.8 Å². The molecule has 23 heavy (non-hydrogen) atoms. The van der Waals surface area contributed by atoms with Gasteiger partial charge in [-0.05, 0) is 24.3 Å². The molecule has 0 saturated carbocycles. The van der Waals surface area contributed by atoms with Gasteiger partial charge < -0.3 is 35.0 Å². The van der Waals surface area contributed by atoms with Crippen molar-refractivity contribution in [2.45, 2.75) is 0 Å². The van der Waals surface area contributed by atoms with Crippen molar-refractivity contribution >= 4 is 4.31 Å². The van der Waals surface area contributed by atoms with Crippen molar-refractivity contribution < 1.29 is 59.4 Å². The van der Waals surface area contributed by atoms with E-state index in [4.69, 9.17) is 14.6 Å². The van der Waals surface area contributed by atoms with Crippen LogP contribution in [0.3, 0.4) is 0 Å². The number of rotatable bonds is 1. The van der Waals surface area contributed by atoms with Crippen LogP contribution in [0.4, 0.5) is 0 Å². The molecule has 3 aromatic rings. The van der Waals surface area contributed by atoms with E-state index in [9.17, 15) is 0 Å². The molecule has 122 valence electrons. The van der Waals surface area contributed by atoms with Gasteiger partial charge in [-0.2, -0.15) is 0 Å². The molecule has 6 heteroatoms. The molecule has 0 aliphatic rings. The van der Waals surface area contributed by atoms with Crippen molar-refractivity contribution in [3.63, 3.8) is 0 Å². The molecule has 0 unspecified atom stereocenters. The Balaban J connectivity index is 0. The monoisotopic (exact) mass is 386 g/mol. The Bertz CT molecular complexity index is 565. The van der Waals surface area contributed by atoms with E-state index in [1.807, 2.05) is 48.6 Å². The molecule has 0 atom stereocenters. The van der Waals surface area contributed by atoms with Gasteiger partial charge in [0.2, 0.25) is 0 Å². The second-order valence-corrected chi connectivity index (χ2v) is 4.28. The maximum atomic E-state index is 8.63. The molecular weight excluding hydrogens is 371 g/mol. The molecule has 0 radical (unpaired) electrons. The van der Waals surface area contributed by atoms with Crippen molar-refractivity contribution in [3.8, 4) is 11.5 Å². The Morgan fingerprint density at radius 2 is 1.13 bits per heavy atom. The summed E-state index contributed by atoms with van der Waals surface area (Å²) in [4.78, 5) is 0. The topological polar surface area (TPSA) is 53.6 Å². The molecule has 2 N–H and O–H groups in total. The first kappa shape index (κ1) is 23.7. The van der Waals surface area contributed by atoms with Crippen molar-refractivity contribution in [1.82, 2.24) is 0 Å². The first-order valence-corrected chi connectivity index (χ1v) is 7.14. The molecule has 0 aliphatic carbocycles. The number of furan rings is 1. The average Bonchev–Trinajstić information content (AvgIpc) is 3.04. The molecule has 1 heterocycles. The molecular formula is C17H16Cl2O3Ti-2. The zero-order valence-electron chi connectivity index (χ0n) is 12.1. The van der Waals surface area contributed by atoms with Crippen LogP contribution in [0, 0.1) is 0 Å². The SMILES string of the molecule is Oc1ccccc1.Oc1ccccc1.[Cl-].[Cl-].[Ti]=[CH]c1ccco1. The Labute approximate surface area is 159 Å². The number of hydrogen-bond donors (Lipinski definition) is 2. The van der Waals surface area contributed by atoms with Crippen molar-refractivity contribution in [3.05, 3.63) is 84.8 Å². The third kappa shape index (κ3) is 12.7. The van der Waals surface area contributed by atoms with Gasteiger partial charge in [0.05, 0.1) is 0 Å². The number of phenols is 2. The van der Waals surface area contributed by atoms with Gasteiger partial charge in [-0.3, -0.25) is 0 Å². The Morgan fingerprint density at radius 1 is 0.696 bits per heavy atom. The molecule has 0 fully saturated rings. The van der Waals surface area contributed by atoms with Gasteiger partial charge in [0.15, 0.2) is 0 Å². The van der Waals surface area contributed by atoms with Crippen molar-refractivity contribution in [1.29, 1.82) is 0 Å². The Kier molecular flexibility index (Phi) is 15.9. The standard InChI is InChI=1S/2C6H6O.C5H4O.2ClH.Ti/c2*7-6-4-2-1-3-5-6;1-5-3-2-4-6-5;;;/h2*1-5,7H;1-4H;2*1H;/p-2. The molecule has 2 aromatic carbocycles. The summed E-state index contributed by atoms with van der Waals surface area (Å²) < 4.78 is 6.84. The van der Waals surface area contributed by atoms with Crippen molar-refractivity contribution in [2.24, 2.45) is 0 Å². The predicted octanol–water partition coefficient (Wildman–Crippen LogP) is -2.23. The molecule has 3 rings (SSSR count). The normalized spacial score (nSPS) is 7.78. The maximum absolute atomic E-state index is 8.63. The summed E-state index contributed by atoms with van der Waals surface area (Å²) in [6.45, 7) is 0. The number of para-hydroxylation sites is 2. The van der Waals surface area contributed by atoms with E-state index in [2.05, 4.69) is 0 Å². The van der Waals surface area contributed by atoms with Gasteiger partial charge in [0, 0.05) is 0 Å². The average molecular weight is 387 g/mol. The summed E-state index contributed by atoms with van der Waals surface area (Å²) >= 11 is 1.94. The Morgan fingerprint density at radius 3 is 1.30 bits per heavy atom. The number of phenolic OH excluding ortho intramolecular Hbond substituents is 2. The second kappa shape index (κ2) is 15.4. The molecule has 1 aromatic heterocycles. The van der Waals surface area contributed by atoms with E-state index >= 15 is 0 Å². The van der Waals surface area contributed by atoms with Crippen LogP contribution >= 0.6 is 0 Å². The molecule has 0 aliphatic heterocycles. The van der Waals surface area contributed by atoms with Gasteiger partial charge in [-0.15, -0.1) is 0 Å². The zero-order valence-corrected chi connectivity index (χ0v) is 15.2. The summed E-state index contributed by atoms with van der Waals surface area (Å²) in [7, 11) is 0. The number of hydrogen-bond acceptors (Lipinski definition) is 3. The molecule has 0 bridgehead atoms. The number of halogens is 2. The summed E-state index contributed by atoms with van der Waals surface area (Å²) in [6.07, 6.45) is 1.66. The van der Waals surface area contributed by atoms with E-state index < -0.39 is 0 Å². The number of benzene rings is 2. The van der Waals surface area contributed by atoms with Gasteiger partial charge in [-0.1, -0.05) is 36.4 Å². The zero-order chi connectivity index (χ0) is 15.3. The van der Waals surface area contributed by atoms with E-state index in [0.717, 1.165) is 5.76 Å². The Hall–Kier alpha value is -1.52. The van der Waals surface area contributed by atoms with Crippen LogP contribution in [0.1, 0.15) is 5.76 Å². The molecule has 0 spiro atoms. The summed E-state index contributed by atoms with van der Waals surface area (Å²) in [5.74, 6) is 1.57. The quantitative estimate of drug-likeness (QED) is 0.465. The fourth-order valence-electron chi connectivity index (χ4n) is 1.23. The van der Waals surface area contributed by atoms with Crippen molar-refractivity contribution in [2.75, 3.05) is 0 Å². The molecule has 3 nitrogen and oxygen atoms in total. The van der Waals surface area contributed by atoms with Gasteiger partial charge in [0.25, 0.3) is 0 Å². The minimum atomic E-state index is 0. The van der Waals surface area contributed by atoms with Gasteiger partial charge in [-0.25, -0.2) is 0 Å². The minimum absolute atomic E-state index is 0. The van der Waals surface area contributed by atoms with Gasteiger partial charge in [0.1, 0.15) is 11.5 Å². The van der Waals surface area contributed by atoms with E-state index in [0.29, 0.717) is 11.5 Å². The van der Waals surface area contributed by atoms with Crippen LogP contribution in [-0.4, -0.2) is 14.5 Å². The summed E-state index contributed by atoms with van der Waals surface area (Å²) in [5.41, 5.74) is 0. The van der Waals surface area contributed by atoms with Crippen LogP contribution < -0.4 is 24.8 Å². The third-order valence-electron chi connectivity index (χ3n) is 2.20. The van der Waals surface area contributed by atoms with Crippen LogP contribution in [0.2, 0.25) is 0 Å². The second-order valence-electron chi connectivity index (χ2n) is 3.83. The molecule has 0 saturated heterocycles. The van der Waals surface area contributed by atoms with E-state index in [1.165, 1.54) is 0 Å². The predicted molar refractivity (Wildman–Crippen MR) is 80.1 cm³/mol. The van der Waals surface area contributed by atoms with Gasteiger partial charge >= 0.3 is 52.9 Å². The fraction of sp³-hybridized carbons (Fsp3) is 0. The van der Waals surface area contributed by atoms with E-state index in [1.54, 1.807) is 54.8 Å². The van der Waals surface area contributed by atoms with Crippen LogP contribution in [0.25, 0.3) is 0 Å². The summed E-state index contributed by atoms with van der Waals surface area (Å²) in [5, 5.41) is 17.3. The molecule has 0 amide bonds. The summed E-state index contributed by atoms with van der Waals surface area (Å²) in [6, 6.07) is 21.2. The fourth-order valence-corrected chi connectivity index (χ4v) is 1.49. The van der Waals surface area contributed by atoms with Crippen LogP contribution in [0.5, 0.6) is 11.5 Å². The van der Waals surface area contributed by atoms with Crippen LogP contribution in [0.15, 0.2) is 83.5 Å². The van der Waals surface area contributed by atoms with Crippen LogP contribution in [-0.2, 0) is 20.0 Å².